The Morgan fingerprint density at radius 3 is 2.33 bits per heavy atom. The molecule has 1 amide bonds. The number of hydrogen-bond donors (Lipinski definition) is 0. The van der Waals surface area contributed by atoms with Crippen LogP contribution in [0.1, 0.15) is 34.1 Å². The summed E-state index contributed by atoms with van der Waals surface area (Å²) in [7, 11) is 0. The van der Waals surface area contributed by atoms with Gasteiger partial charge in [0.2, 0.25) is 0 Å². The molecule has 0 aromatic carbocycles. The Hall–Kier alpha value is -1.33. The standard InChI is InChI=1S/C12H20FNO4/c1-5-17-9(15)6-12(13)7-14(8-12)10(16)18-11(2,3)4/h5-8H2,1-4H3. The van der Waals surface area contributed by atoms with Gasteiger partial charge in [0.25, 0.3) is 0 Å². The van der Waals surface area contributed by atoms with E-state index in [0.29, 0.717) is 0 Å². The number of ether oxygens (including phenoxy) is 2. The lowest BCUT2D eigenvalue weighted by molar-refractivity contribution is -0.150. The smallest absolute Gasteiger partial charge is 0.410 e. The number of hydrogen-bond acceptors (Lipinski definition) is 4. The summed E-state index contributed by atoms with van der Waals surface area (Å²) in [6.07, 6.45) is -0.875. The molecule has 1 aliphatic heterocycles. The molecule has 0 saturated carbocycles. The van der Waals surface area contributed by atoms with Crippen LogP contribution in [0.5, 0.6) is 0 Å². The quantitative estimate of drug-likeness (QED) is 0.728. The molecule has 0 radical (unpaired) electrons. The van der Waals surface area contributed by atoms with Crippen LogP contribution in [0.2, 0.25) is 0 Å². The van der Waals surface area contributed by atoms with Crippen LogP contribution < -0.4 is 0 Å². The molecule has 1 heterocycles. The highest BCUT2D eigenvalue weighted by Gasteiger charge is 2.48. The van der Waals surface area contributed by atoms with Gasteiger partial charge < -0.3 is 14.4 Å². The molecule has 0 atom stereocenters. The molecule has 0 bridgehead atoms. The molecule has 104 valence electrons. The van der Waals surface area contributed by atoms with Crippen LogP contribution >= 0.6 is 0 Å². The maximum absolute atomic E-state index is 14.0. The van der Waals surface area contributed by atoms with E-state index in [4.69, 9.17) is 4.74 Å². The van der Waals surface area contributed by atoms with Crippen LogP contribution in [0.15, 0.2) is 0 Å². The first-order valence-electron chi connectivity index (χ1n) is 5.98. The number of carbonyl (C=O) groups excluding carboxylic acids is 2. The molecule has 18 heavy (non-hydrogen) atoms. The highest BCUT2D eigenvalue weighted by atomic mass is 19.1. The number of halogens is 1. The van der Waals surface area contributed by atoms with Crippen LogP contribution in [-0.4, -0.2) is 47.9 Å². The van der Waals surface area contributed by atoms with E-state index in [1.54, 1.807) is 27.7 Å². The van der Waals surface area contributed by atoms with Gasteiger partial charge in [-0.1, -0.05) is 0 Å². The van der Waals surface area contributed by atoms with E-state index in [1.807, 2.05) is 0 Å². The summed E-state index contributed by atoms with van der Waals surface area (Å²) in [5.74, 6) is -0.580. The fourth-order valence-electron chi connectivity index (χ4n) is 1.68. The minimum atomic E-state index is -1.68. The van der Waals surface area contributed by atoms with Crippen LogP contribution in [-0.2, 0) is 14.3 Å². The van der Waals surface area contributed by atoms with Gasteiger partial charge in [0.15, 0.2) is 5.67 Å². The Labute approximate surface area is 106 Å². The van der Waals surface area contributed by atoms with E-state index >= 15 is 0 Å². The topological polar surface area (TPSA) is 55.8 Å². The molecule has 1 rings (SSSR count). The predicted octanol–water partition coefficient (Wildman–Crippen LogP) is 1.90. The molecule has 1 saturated heterocycles. The molecule has 0 aromatic heterocycles. The number of esters is 1. The zero-order valence-corrected chi connectivity index (χ0v) is 11.3. The number of likely N-dealkylation sites (tertiary alicyclic amines) is 1. The summed E-state index contributed by atoms with van der Waals surface area (Å²) in [6.45, 7) is 6.87. The molecule has 0 aromatic rings. The first-order chi connectivity index (χ1) is 8.15. The minimum Gasteiger partial charge on any atom is -0.466 e. The van der Waals surface area contributed by atoms with Crippen molar-refractivity contribution in [1.82, 2.24) is 4.90 Å². The molecule has 0 spiro atoms. The second-order valence-corrected chi connectivity index (χ2v) is 5.47. The summed E-state index contributed by atoms with van der Waals surface area (Å²) < 4.78 is 23.7. The van der Waals surface area contributed by atoms with Crippen LogP contribution in [0, 0.1) is 0 Å². The average molecular weight is 261 g/mol. The third kappa shape index (κ3) is 4.16. The molecular weight excluding hydrogens is 241 g/mol. The van der Waals surface area contributed by atoms with Crippen molar-refractivity contribution in [1.29, 1.82) is 0 Å². The van der Waals surface area contributed by atoms with Crippen molar-refractivity contribution >= 4 is 12.1 Å². The van der Waals surface area contributed by atoms with Crippen molar-refractivity contribution in [3.05, 3.63) is 0 Å². The van der Waals surface area contributed by atoms with Gasteiger partial charge in [-0.2, -0.15) is 0 Å². The number of alkyl halides is 1. The lowest BCUT2D eigenvalue weighted by Gasteiger charge is -2.43. The molecule has 1 aliphatic rings. The second kappa shape index (κ2) is 5.12. The van der Waals surface area contributed by atoms with Gasteiger partial charge in [-0.3, -0.25) is 4.79 Å². The largest absolute Gasteiger partial charge is 0.466 e. The molecular formula is C12H20FNO4. The molecule has 5 nitrogen and oxygen atoms in total. The van der Waals surface area contributed by atoms with E-state index in [2.05, 4.69) is 4.74 Å². The maximum Gasteiger partial charge on any atom is 0.410 e. The predicted molar refractivity (Wildman–Crippen MR) is 62.9 cm³/mol. The molecule has 6 heteroatoms. The molecule has 0 unspecified atom stereocenters. The third-order valence-corrected chi connectivity index (χ3v) is 2.37. The Bertz CT molecular complexity index is 331. The maximum atomic E-state index is 14.0. The summed E-state index contributed by atoms with van der Waals surface area (Å²) >= 11 is 0. The van der Waals surface area contributed by atoms with Crippen molar-refractivity contribution in [3.8, 4) is 0 Å². The third-order valence-electron chi connectivity index (χ3n) is 2.37. The van der Waals surface area contributed by atoms with Gasteiger partial charge in [-0.25, -0.2) is 9.18 Å². The molecule has 1 fully saturated rings. The lowest BCUT2D eigenvalue weighted by Crippen LogP contribution is -2.62. The first kappa shape index (κ1) is 14.7. The summed E-state index contributed by atoms with van der Waals surface area (Å²) in [5.41, 5.74) is -2.28. The van der Waals surface area contributed by atoms with Crippen molar-refractivity contribution in [3.63, 3.8) is 0 Å². The van der Waals surface area contributed by atoms with Crippen LogP contribution in [0.25, 0.3) is 0 Å². The van der Waals surface area contributed by atoms with E-state index in [9.17, 15) is 14.0 Å². The summed E-state index contributed by atoms with van der Waals surface area (Å²) in [5, 5.41) is 0. The highest BCUT2D eigenvalue weighted by molar-refractivity contribution is 5.73. The Morgan fingerprint density at radius 2 is 1.89 bits per heavy atom. The van der Waals surface area contributed by atoms with Gasteiger partial charge >= 0.3 is 12.1 Å². The van der Waals surface area contributed by atoms with Crippen LogP contribution in [0.4, 0.5) is 9.18 Å². The fraction of sp³-hybridized carbons (Fsp3) is 0.833. The normalized spacial score (nSPS) is 17.9. The van der Waals surface area contributed by atoms with Gasteiger partial charge in [0, 0.05) is 0 Å². The molecule has 0 N–H and O–H groups in total. The van der Waals surface area contributed by atoms with E-state index in [1.165, 1.54) is 4.90 Å². The van der Waals surface area contributed by atoms with Crippen molar-refractivity contribution in [2.45, 2.75) is 45.4 Å². The fourth-order valence-corrected chi connectivity index (χ4v) is 1.68. The van der Waals surface area contributed by atoms with Gasteiger partial charge in [-0.15, -0.1) is 0 Å². The van der Waals surface area contributed by atoms with Crippen molar-refractivity contribution < 1.29 is 23.5 Å². The van der Waals surface area contributed by atoms with Gasteiger partial charge in [-0.05, 0) is 27.7 Å². The number of rotatable bonds is 3. The zero-order valence-electron chi connectivity index (χ0n) is 11.3. The first-order valence-corrected chi connectivity index (χ1v) is 5.98. The Balaban J connectivity index is 2.38. The number of nitrogens with zero attached hydrogens (tertiary/aromatic N) is 1. The minimum absolute atomic E-state index is 0.124. The zero-order chi connectivity index (χ0) is 14.0. The molecule has 0 aliphatic carbocycles. The Kier molecular flexibility index (Phi) is 4.19. The van der Waals surface area contributed by atoms with E-state index in [-0.39, 0.29) is 26.1 Å². The monoisotopic (exact) mass is 261 g/mol. The second-order valence-electron chi connectivity index (χ2n) is 5.47. The average Bonchev–Trinajstić information content (AvgIpc) is 2.11. The van der Waals surface area contributed by atoms with Crippen molar-refractivity contribution in [2.75, 3.05) is 19.7 Å². The highest BCUT2D eigenvalue weighted by Crippen LogP contribution is 2.30. The van der Waals surface area contributed by atoms with Gasteiger partial charge in [0.1, 0.15) is 5.60 Å². The Morgan fingerprint density at radius 1 is 1.33 bits per heavy atom. The van der Waals surface area contributed by atoms with Crippen LogP contribution in [0.3, 0.4) is 0 Å². The van der Waals surface area contributed by atoms with Gasteiger partial charge in [0.05, 0.1) is 26.1 Å². The lowest BCUT2D eigenvalue weighted by atomic mass is 9.93. The van der Waals surface area contributed by atoms with Crippen molar-refractivity contribution in [2.24, 2.45) is 0 Å². The SMILES string of the molecule is CCOC(=O)CC1(F)CN(C(=O)OC(C)(C)C)C1. The van der Waals surface area contributed by atoms with E-state index < -0.39 is 23.3 Å². The summed E-state index contributed by atoms with van der Waals surface area (Å²) in [4.78, 5) is 24.0. The number of carbonyl (C=O) groups is 2. The van der Waals surface area contributed by atoms with E-state index in [0.717, 1.165) is 0 Å². The number of amides is 1. The summed E-state index contributed by atoms with van der Waals surface area (Å²) in [6, 6.07) is 0.